The van der Waals surface area contributed by atoms with Gasteiger partial charge in [-0.3, -0.25) is 14.9 Å². The molecule has 0 radical (unpaired) electrons. The fourth-order valence-electron chi connectivity index (χ4n) is 3.18. The number of aromatic nitrogens is 2. The van der Waals surface area contributed by atoms with Gasteiger partial charge in [-0.2, -0.15) is 9.78 Å². The predicted octanol–water partition coefficient (Wildman–Crippen LogP) is 3.83. The maximum atomic E-state index is 13.1. The van der Waals surface area contributed by atoms with Crippen molar-refractivity contribution in [3.63, 3.8) is 0 Å². The quantitative estimate of drug-likeness (QED) is 0.255. The molecule has 10 nitrogen and oxygen atoms in total. The van der Waals surface area contributed by atoms with Crippen LogP contribution in [0.25, 0.3) is 10.9 Å². The molecule has 1 aromatic heterocycles. The SMILES string of the molecule is CC(=NOCc1nc2ccccc2c(=O)n1N=Cc1cc([N+](=O)[O-])ccc1O)c1ccccc1. The highest BCUT2D eigenvalue weighted by atomic mass is 16.6. The summed E-state index contributed by atoms with van der Waals surface area (Å²) in [6.45, 7) is 1.63. The summed E-state index contributed by atoms with van der Waals surface area (Å²) in [5.74, 6) is -0.0634. The molecule has 1 N–H and O–H groups in total. The first-order valence-electron chi connectivity index (χ1n) is 10.2. The highest BCUT2D eigenvalue weighted by Gasteiger charge is 2.13. The Morgan fingerprint density at radius 3 is 2.65 bits per heavy atom. The van der Waals surface area contributed by atoms with Crippen molar-refractivity contribution in [3.8, 4) is 5.75 Å². The van der Waals surface area contributed by atoms with Crippen LogP contribution in [0.15, 0.2) is 87.8 Å². The fourth-order valence-corrected chi connectivity index (χ4v) is 3.18. The van der Waals surface area contributed by atoms with Crippen molar-refractivity contribution >= 4 is 28.5 Å². The number of fused-ring (bicyclic) bond motifs is 1. The lowest BCUT2D eigenvalue weighted by Crippen LogP contribution is -2.22. The number of para-hydroxylation sites is 1. The van der Waals surface area contributed by atoms with Crippen molar-refractivity contribution in [2.75, 3.05) is 0 Å². The Morgan fingerprint density at radius 2 is 1.88 bits per heavy atom. The summed E-state index contributed by atoms with van der Waals surface area (Å²) >= 11 is 0. The molecule has 1 heterocycles. The number of nitrogens with zero attached hydrogens (tertiary/aromatic N) is 5. The zero-order valence-corrected chi connectivity index (χ0v) is 18.0. The van der Waals surface area contributed by atoms with Gasteiger partial charge in [0.25, 0.3) is 11.2 Å². The smallest absolute Gasteiger partial charge is 0.282 e. The van der Waals surface area contributed by atoms with Crippen LogP contribution in [0, 0.1) is 10.1 Å². The summed E-state index contributed by atoms with van der Waals surface area (Å²) in [5, 5.41) is 29.7. The van der Waals surface area contributed by atoms with Crippen LogP contribution in [0.4, 0.5) is 5.69 Å². The Morgan fingerprint density at radius 1 is 1.15 bits per heavy atom. The first-order chi connectivity index (χ1) is 16.4. The standard InChI is InChI=1S/C24H19N5O5/c1-16(17-7-3-2-4-8-17)27-34-15-23-26-21-10-6-5-9-20(21)24(31)28(23)25-14-18-13-19(29(32)33)11-12-22(18)30/h2-14,30H,15H2,1H3. The predicted molar refractivity (Wildman–Crippen MR) is 127 cm³/mol. The topological polar surface area (TPSA) is 132 Å². The molecule has 0 aliphatic heterocycles. The van der Waals surface area contributed by atoms with Crippen LogP contribution in [0.1, 0.15) is 23.9 Å². The average molecular weight is 457 g/mol. The van der Waals surface area contributed by atoms with Gasteiger partial charge in [0, 0.05) is 17.7 Å². The number of hydrogen-bond acceptors (Lipinski definition) is 8. The van der Waals surface area contributed by atoms with Gasteiger partial charge in [0.15, 0.2) is 12.4 Å². The molecule has 0 unspecified atom stereocenters. The largest absolute Gasteiger partial charge is 0.507 e. The molecule has 10 heteroatoms. The van der Waals surface area contributed by atoms with Crippen LogP contribution < -0.4 is 5.56 Å². The Kier molecular flexibility index (Phi) is 6.40. The number of benzene rings is 3. The van der Waals surface area contributed by atoms with E-state index >= 15 is 0 Å². The van der Waals surface area contributed by atoms with Crippen molar-refractivity contribution in [1.82, 2.24) is 9.66 Å². The number of aromatic hydroxyl groups is 1. The van der Waals surface area contributed by atoms with Crippen molar-refractivity contribution in [2.45, 2.75) is 13.5 Å². The minimum absolute atomic E-state index is 0.0686. The normalized spacial score (nSPS) is 11.7. The summed E-state index contributed by atoms with van der Waals surface area (Å²) in [7, 11) is 0. The van der Waals surface area contributed by atoms with Crippen molar-refractivity contribution in [2.24, 2.45) is 10.3 Å². The number of phenolic OH excluding ortho intramolecular Hbond substituents is 1. The number of nitro benzene ring substituents is 1. The molecule has 0 spiro atoms. The Hall–Kier alpha value is -4.86. The second-order valence-electron chi connectivity index (χ2n) is 7.22. The number of nitro groups is 1. The van der Waals surface area contributed by atoms with Crippen LogP contribution in [-0.4, -0.2) is 31.6 Å². The van der Waals surface area contributed by atoms with Gasteiger partial charge in [-0.15, -0.1) is 0 Å². The molecule has 0 aliphatic rings. The molecule has 0 aliphatic carbocycles. The summed E-state index contributed by atoms with van der Waals surface area (Å²) in [5.41, 5.74) is 1.36. The van der Waals surface area contributed by atoms with E-state index in [4.69, 9.17) is 4.84 Å². The Labute approximate surface area is 193 Å². The lowest BCUT2D eigenvalue weighted by atomic mass is 10.1. The average Bonchev–Trinajstić information content (AvgIpc) is 2.85. The maximum absolute atomic E-state index is 13.1. The molecular formula is C24H19N5O5. The third-order valence-corrected chi connectivity index (χ3v) is 4.94. The van der Waals surface area contributed by atoms with E-state index in [1.807, 2.05) is 30.3 Å². The molecule has 170 valence electrons. The number of oxime groups is 1. The van der Waals surface area contributed by atoms with Crippen molar-refractivity contribution in [3.05, 3.63) is 110 Å². The van der Waals surface area contributed by atoms with Gasteiger partial charge in [0.05, 0.1) is 27.8 Å². The minimum atomic E-state index is -0.590. The highest BCUT2D eigenvalue weighted by Crippen LogP contribution is 2.21. The molecule has 0 saturated carbocycles. The molecular weight excluding hydrogens is 438 g/mol. The van der Waals surface area contributed by atoms with Crippen LogP contribution in [0.2, 0.25) is 0 Å². The second kappa shape index (κ2) is 9.74. The molecule has 4 rings (SSSR count). The highest BCUT2D eigenvalue weighted by molar-refractivity contribution is 5.98. The van der Waals surface area contributed by atoms with Crippen LogP contribution >= 0.6 is 0 Å². The van der Waals surface area contributed by atoms with E-state index in [0.717, 1.165) is 22.5 Å². The first kappa shape index (κ1) is 22.3. The number of non-ortho nitro benzene ring substituents is 1. The zero-order chi connectivity index (χ0) is 24.1. The van der Waals surface area contributed by atoms with Gasteiger partial charge in [-0.25, -0.2) is 4.98 Å². The van der Waals surface area contributed by atoms with E-state index < -0.39 is 10.5 Å². The summed E-state index contributed by atoms with van der Waals surface area (Å²) in [6.07, 6.45) is 1.15. The molecule has 3 aromatic carbocycles. The first-order valence-corrected chi connectivity index (χ1v) is 10.2. The molecule has 0 bridgehead atoms. The Balaban J connectivity index is 1.71. The van der Waals surface area contributed by atoms with Gasteiger partial charge in [-0.05, 0) is 30.7 Å². The third-order valence-electron chi connectivity index (χ3n) is 4.94. The molecule has 0 atom stereocenters. The van der Waals surface area contributed by atoms with E-state index in [9.17, 15) is 20.0 Å². The van der Waals surface area contributed by atoms with E-state index in [1.165, 1.54) is 12.1 Å². The lowest BCUT2D eigenvalue weighted by Gasteiger charge is -2.09. The van der Waals surface area contributed by atoms with Crippen molar-refractivity contribution in [1.29, 1.82) is 0 Å². The number of rotatable bonds is 7. The number of hydrogen-bond donors (Lipinski definition) is 1. The molecule has 0 fully saturated rings. The fraction of sp³-hybridized carbons (Fsp3) is 0.0833. The number of phenols is 1. The van der Waals surface area contributed by atoms with E-state index in [0.29, 0.717) is 16.6 Å². The summed E-state index contributed by atoms with van der Waals surface area (Å²) in [6, 6.07) is 19.7. The summed E-state index contributed by atoms with van der Waals surface area (Å²) < 4.78 is 1.02. The molecule has 0 amide bonds. The Bertz CT molecular complexity index is 1480. The summed E-state index contributed by atoms with van der Waals surface area (Å²) in [4.78, 5) is 33.5. The van der Waals surface area contributed by atoms with E-state index in [2.05, 4.69) is 15.2 Å². The van der Waals surface area contributed by atoms with Gasteiger partial charge in [-0.1, -0.05) is 47.6 Å². The second-order valence-corrected chi connectivity index (χ2v) is 7.22. The van der Waals surface area contributed by atoms with Crippen LogP contribution in [0.5, 0.6) is 5.75 Å². The molecule has 4 aromatic rings. The van der Waals surface area contributed by atoms with Gasteiger partial charge in [0.2, 0.25) is 0 Å². The minimum Gasteiger partial charge on any atom is -0.507 e. The van der Waals surface area contributed by atoms with Crippen LogP contribution in [0.3, 0.4) is 0 Å². The van der Waals surface area contributed by atoms with E-state index in [-0.39, 0.29) is 29.4 Å². The van der Waals surface area contributed by atoms with Gasteiger partial charge in [0.1, 0.15) is 5.75 Å². The molecule has 0 saturated heterocycles. The van der Waals surface area contributed by atoms with Crippen LogP contribution in [-0.2, 0) is 11.4 Å². The third kappa shape index (κ3) is 4.80. The maximum Gasteiger partial charge on any atom is 0.282 e. The zero-order valence-electron chi connectivity index (χ0n) is 18.0. The van der Waals surface area contributed by atoms with E-state index in [1.54, 1.807) is 31.2 Å². The monoisotopic (exact) mass is 457 g/mol. The lowest BCUT2D eigenvalue weighted by molar-refractivity contribution is -0.384. The van der Waals surface area contributed by atoms with Gasteiger partial charge >= 0.3 is 0 Å². The van der Waals surface area contributed by atoms with Gasteiger partial charge < -0.3 is 9.94 Å². The van der Waals surface area contributed by atoms with Crippen molar-refractivity contribution < 1.29 is 14.9 Å². The molecule has 34 heavy (non-hydrogen) atoms.